The van der Waals surface area contributed by atoms with Gasteiger partial charge in [-0.2, -0.15) is 0 Å². The first-order valence-electron chi connectivity index (χ1n) is 13.1. The molecule has 198 valence electrons. The van der Waals surface area contributed by atoms with Crippen molar-refractivity contribution >= 4 is 30.3 Å². The van der Waals surface area contributed by atoms with Crippen molar-refractivity contribution in [1.29, 1.82) is 0 Å². The number of ether oxygens (including phenoxy) is 1. The number of nitro groups is 1. The molecule has 3 atom stereocenters. The lowest BCUT2D eigenvalue weighted by Gasteiger charge is -2.44. The molecule has 0 N–H and O–H groups in total. The standard InChI is InChI=1S/C30H34N2O5Si/c1-30(2,3)38(25-10-6-4-7-11-25,26-12-8-5-9-13-26)37-24-18-27-28(19-29(33)31(27)20-24)36-21-22-14-16-23(17-15-22)32(34)35/h4-17,24,27-28H,18-21H2,1-3H3/t24-,27+,28?/m1/s1. The number of hydrogen-bond acceptors (Lipinski definition) is 5. The summed E-state index contributed by atoms with van der Waals surface area (Å²) in [7, 11) is -2.73. The predicted octanol–water partition coefficient (Wildman–Crippen LogP) is 4.43. The molecule has 0 radical (unpaired) electrons. The van der Waals surface area contributed by atoms with E-state index >= 15 is 0 Å². The fourth-order valence-corrected chi connectivity index (χ4v) is 10.7. The third kappa shape index (κ3) is 4.91. The molecule has 2 aliphatic heterocycles. The molecule has 1 unspecified atom stereocenters. The number of carbonyl (C=O) groups excluding carboxylic acids is 1. The number of non-ortho nitro benzene ring substituents is 1. The number of benzene rings is 3. The van der Waals surface area contributed by atoms with E-state index < -0.39 is 13.2 Å². The molecule has 2 heterocycles. The van der Waals surface area contributed by atoms with Crippen molar-refractivity contribution in [2.75, 3.05) is 6.54 Å². The minimum Gasteiger partial charge on any atom is -0.403 e. The SMILES string of the molecule is CC(C)(C)[Si](O[C@@H]1C[C@H]2C(OCc3ccc([N+](=O)[O-])cc3)CC(=O)N2C1)(c1ccccc1)c1ccccc1. The Balaban J connectivity index is 1.37. The summed E-state index contributed by atoms with van der Waals surface area (Å²) in [6.45, 7) is 7.65. The van der Waals surface area contributed by atoms with Crippen LogP contribution >= 0.6 is 0 Å². The Morgan fingerprint density at radius 3 is 2.05 bits per heavy atom. The molecule has 0 bridgehead atoms. The van der Waals surface area contributed by atoms with Crippen LogP contribution in [0, 0.1) is 10.1 Å². The van der Waals surface area contributed by atoms with Gasteiger partial charge in [-0.1, -0.05) is 81.4 Å². The van der Waals surface area contributed by atoms with Crippen LogP contribution in [0.4, 0.5) is 5.69 Å². The lowest BCUT2D eigenvalue weighted by atomic mass is 10.1. The van der Waals surface area contributed by atoms with Gasteiger partial charge in [0.2, 0.25) is 5.91 Å². The van der Waals surface area contributed by atoms with Crippen molar-refractivity contribution in [3.05, 3.63) is 101 Å². The molecule has 0 spiro atoms. The molecule has 0 saturated carbocycles. The highest BCUT2D eigenvalue weighted by atomic mass is 28.4. The molecule has 38 heavy (non-hydrogen) atoms. The van der Waals surface area contributed by atoms with Crippen molar-refractivity contribution in [2.24, 2.45) is 0 Å². The average Bonchev–Trinajstić information content (AvgIpc) is 3.46. The summed E-state index contributed by atoms with van der Waals surface area (Å²) in [5.74, 6) is 0.0947. The van der Waals surface area contributed by atoms with E-state index in [1.807, 2.05) is 17.0 Å². The number of amides is 1. The fourth-order valence-electron chi connectivity index (χ4n) is 6.00. The van der Waals surface area contributed by atoms with E-state index in [-0.39, 0.29) is 34.9 Å². The number of nitro benzene ring substituents is 1. The minimum atomic E-state index is -2.73. The number of nitrogens with zero attached hydrogens (tertiary/aromatic N) is 2. The highest BCUT2D eigenvalue weighted by molar-refractivity contribution is 6.99. The van der Waals surface area contributed by atoms with Gasteiger partial charge in [-0.25, -0.2) is 0 Å². The van der Waals surface area contributed by atoms with Gasteiger partial charge < -0.3 is 14.1 Å². The molecule has 0 aliphatic carbocycles. The van der Waals surface area contributed by atoms with Crippen LogP contribution in [0.2, 0.25) is 5.04 Å². The maximum Gasteiger partial charge on any atom is 0.269 e. The van der Waals surface area contributed by atoms with Crippen LogP contribution in [0.5, 0.6) is 0 Å². The van der Waals surface area contributed by atoms with Crippen LogP contribution in [-0.2, 0) is 20.6 Å². The first kappa shape index (κ1) is 26.3. The van der Waals surface area contributed by atoms with Gasteiger partial charge in [0.1, 0.15) is 0 Å². The van der Waals surface area contributed by atoms with E-state index in [1.165, 1.54) is 22.5 Å². The summed E-state index contributed by atoms with van der Waals surface area (Å²) in [6, 6.07) is 27.4. The average molecular weight is 531 g/mol. The van der Waals surface area contributed by atoms with E-state index in [2.05, 4.69) is 69.3 Å². The van der Waals surface area contributed by atoms with Crippen LogP contribution in [0.25, 0.3) is 0 Å². The van der Waals surface area contributed by atoms with Gasteiger partial charge >= 0.3 is 0 Å². The van der Waals surface area contributed by atoms with Crippen LogP contribution in [0.3, 0.4) is 0 Å². The van der Waals surface area contributed by atoms with Crippen LogP contribution in [0.1, 0.15) is 39.2 Å². The Hall–Kier alpha value is -3.33. The van der Waals surface area contributed by atoms with Crippen molar-refractivity contribution in [3.63, 3.8) is 0 Å². The first-order chi connectivity index (χ1) is 18.2. The summed E-state index contributed by atoms with van der Waals surface area (Å²) >= 11 is 0. The van der Waals surface area contributed by atoms with Gasteiger partial charge in [-0.3, -0.25) is 14.9 Å². The molecule has 7 nitrogen and oxygen atoms in total. The molecule has 2 saturated heterocycles. The van der Waals surface area contributed by atoms with Crippen LogP contribution in [-0.4, -0.2) is 48.8 Å². The predicted molar refractivity (Wildman–Crippen MR) is 149 cm³/mol. The van der Waals surface area contributed by atoms with Gasteiger partial charge in [0, 0.05) is 18.7 Å². The topological polar surface area (TPSA) is 81.9 Å². The van der Waals surface area contributed by atoms with Crippen molar-refractivity contribution in [1.82, 2.24) is 4.90 Å². The zero-order valence-corrected chi connectivity index (χ0v) is 23.1. The molecule has 1 amide bonds. The normalized spacial score (nSPS) is 21.5. The number of rotatable bonds is 8. The number of hydrogen-bond donors (Lipinski definition) is 0. The van der Waals surface area contributed by atoms with Crippen molar-refractivity contribution < 1.29 is 18.9 Å². The second-order valence-electron chi connectivity index (χ2n) is 11.2. The third-order valence-corrected chi connectivity index (χ3v) is 12.9. The molecule has 2 aliphatic rings. The van der Waals surface area contributed by atoms with Crippen molar-refractivity contribution in [3.8, 4) is 0 Å². The van der Waals surface area contributed by atoms with E-state index in [1.54, 1.807) is 12.1 Å². The third-order valence-electron chi connectivity index (χ3n) is 7.80. The monoisotopic (exact) mass is 530 g/mol. The van der Waals surface area contributed by atoms with Gasteiger partial charge in [0.05, 0.1) is 36.2 Å². The minimum absolute atomic E-state index is 0.0382. The summed E-state index contributed by atoms with van der Waals surface area (Å²) in [4.78, 5) is 25.4. The number of fused-ring (bicyclic) bond motifs is 1. The van der Waals surface area contributed by atoms with Gasteiger partial charge in [-0.05, 0) is 39.5 Å². The zero-order chi connectivity index (χ0) is 26.9. The Labute approximate surface area is 224 Å². The highest BCUT2D eigenvalue weighted by Gasteiger charge is 2.54. The van der Waals surface area contributed by atoms with Gasteiger partial charge in [0.15, 0.2) is 0 Å². The molecule has 3 aromatic rings. The molecule has 2 fully saturated rings. The molecule has 0 aromatic heterocycles. The molecular weight excluding hydrogens is 496 g/mol. The molecule has 3 aromatic carbocycles. The second-order valence-corrected chi connectivity index (χ2v) is 15.5. The number of carbonyl (C=O) groups is 1. The van der Waals surface area contributed by atoms with E-state index in [4.69, 9.17) is 9.16 Å². The highest BCUT2D eigenvalue weighted by Crippen LogP contribution is 2.41. The Morgan fingerprint density at radius 1 is 0.947 bits per heavy atom. The summed E-state index contributed by atoms with van der Waals surface area (Å²) in [6.07, 6.45) is 0.747. The first-order valence-corrected chi connectivity index (χ1v) is 15.0. The van der Waals surface area contributed by atoms with Gasteiger partial charge in [-0.15, -0.1) is 0 Å². The van der Waals surface area contributed by atoms with E-state index in [9.17, 15) is 14.9 Å². The lowest BCUT2D eigenvalue weighted by Crippen LogP contribution is -2.67. The molecule has 5 rings (SSSR count). The Morgan fingerprint density at radius 2 is 1.53 bits per heavy atom. The van der Waals surface area contributed by atoms with Crippen LogP contribution in [0.15, 0.2) is 84.9 Å². The second kappa shape index (κ2) is 10.4. The Kier molecular flexibility index (Phi) is 7.22. The molecular formula is C30H34N2O5Si. The van der Waals surface area contributed by atoms with E-state index in [0.717, 1.165) is 12.0 Å². The fraction of sp³-hybridized carbons (Fsp3) is 0.367. The smallest absolute Gasteiger partial charge is 0.269 e. The maximum atomic E-state index is 13.0. The van der Waals surface area contributed by atoms with Crippen LogP contribution < -0.4 is 10.4 Å². The summed E-state index contributed by atoms with van der Waals surface area (Å²) < 4.78 is 13.5. The maximum absolute atomic E-state index is 13.0. The van der Waals surface area contributed by atoms with Crippen molar-refractivity contribution in [2.45, 2.75) is 63.5 Å². The molecule has 8 heteroatoms. The Bertz CT molecular complexity index is 1240. The zero-order valence-electron chi connectivity index (χ0n) is 22.1. The quantitative estimate of drug-likeness (QED) is 0.245. The lowest BCUT2D eigenvalue weighted by molar-refractivity contribution is -0.384. The van der Waals surface area contributed by atoms with E-state index in [0.29, 0.717) is 19.6 Å². The van der Waals surface area contributed by atoms with Gasteiger partial charge in [0.25, 0.3) is 14.0 Å². The summed E-state index contributed by atoms with van der Waals surface area (Å²) in [5.41, 5.74) is 0.898. The largest absolute Gasteiger partial charge is 0.403 e. The summed E-state index contributed by atoms with van der Waals surface area (Å²) in [5, 5.41) is 13.2.